The number of para-hydroxylation sites is 2. The van der Waals surface area contributed by atoms with Crippen molar-refractivity contribution in [3.8, 4) is 0 Å². The average molecular weight is 1100 g/mol. The minimum Gasteiger partial charge on any atom is -0.308 e. The molecule has 14 N–H and O–H groups in total. The summed E-state index contributed by atoms with van der Waals surface area (Å²) in [7, 11) is 0. The molecular formula is C61H60N14O7. The van der Waals surface area contributed by atoms with Crippen LogP contribution >= 0.6 is 0 Å². The first-order valence-electron chi connectivity index (χ1n) is 25.9. The highest BCUT2D eigenvalue weighted by atomic mass is 16.2. The summed E-state index contributed by atoms with van der Waals surface area (Å²) in [6.07, 6.45) is 0. The van der Waals surface area contributed by atoms with Gasteiger partial charge >= 0.3 is 42.2 Å². The van der Waals surface area contributed by atoms with Crippen molar-refractivity contribution in [1.82, 2.24) is 0 Å². The third kappa shape index (κ3) is 17.3. The molecule has 0 fully saturated rings. The Hall–Kier alpha value is -11.4. The molecule has 8 rings (SSSR count). The zero-order chi connectivity index (χ0) is 58.0. The quantitative estimate of drug-likeness (QED) is 0.0444. The molecule has 0 saturated carbocycles. The molecule has 0 aliphatic carbocycles. The zero-order valence-corrected chi connectivity index (χ0v) is 45.0. The Morgan fingerprint density at radius 1 is 0.220 bits per heavy atom. The van der Waals surface area contributed by atoms with Crippen molar-refractivity contribution in [1.29, 1.82) is 0 Å². The van der Waals surface area contributed by atoms with Gasteiger partial charge in [-0.15, -0.1) is 0 Å². The molecule has 0 aromatic heterocycles. The number of carbonyl (C=O) groups is 7. The largest absolute Gasteiger partial charge is 0.323 e. The number of amides is 14. The molecule has 0 spiro atoms. The van der Waals surface area contributed by atoms with Gasteiger partial charge in [0.15, 0.2) is 0 Å². The number of hydrogen-bond acceptors (Lipinski definition) is 7. The van der Waals surface area contributed by atoms with Gasteiger partial charge in [0.05, 0.1) is 0 Å². The van der Waals surface area contributed by atoms with Gasteiger partial charge in [0.1, 0.15) is 0 Å². The summed E-state index contributed by atoms with van der Waals surface area (Å²) in [6.45, 7) is 8.18. The Morgan fingerprint density at radius 3 is 0.549 bits per heavy atom. The predicted octanol–water partition coefficient (Wildman–Crippen LogP) is 15.4. The van der Waals surface area contributed by atoms with Crippen molar-refractivity contribution < 1.29 is 33.6 Å². The van der Waals surface area contributed by atoms with Gasteiger partial charge in [-0.05, 0) is 144 Å². The fourth-order valence-corrected chi connectivity index (χ4v) is 8.31. The Bertz CT molecular complexity index is 3410. The van der Waals surface area contributed by atoms with E-state index in [4.69, 9.17) is 0 Å². The number of urea groups is 7. The number of benzene rings is 8. The topological polar surface area (TPSA) is 288 Å². The van der Waals surface area contributed by atoms with Gasteiger partial charge in [-0.1, -0.05) is 100 Å². The second-order valence-electron chi connectivity index (χ2n) is 19.0. The van der Waals surface area contributed by atoms with Gasteiger partial charge in [-0.3, -0.25) is 0 Å². The highest BCUT2D eigenvalue weighted by Gasteiger charge is 2.15. The van der Waals surface area contributed by atoms with Crippen molar-refractivity contribution in [3.63, 3.8) is 0 Å². The van der Waals surface area contributed by atoms with E-state index in [0.717, 1.165) is 11.1 Å². The molecule has 82 heavy (non-hydrogen) atoms. The Kier molecular flexibility index (Phi) is 18.9. The van der Waals surface area contributed by atoms with E-state index >= 15 is 0 Å². The van der Waals surface area contributed by atoms with Gasteiger partial charge < -0.3 is 74.4 Å². The van der Waals surface area contributed by atoms with E-state index in [-0.39, 0.29) is 11.8 Å². The van der Waals surface area contributed by atoms with Crippen LogP contribution in [0.4, 0.5) is 113 Å². The fourth-order valence-electron chi connectivity index (χ4n) is 8.31. The molecule has 0 aliphatic rings. The van der Waals surface area contributed by atoms with Gasteiger partial charge in [0.2, 0.25) is 0 Å². The molecular weight excluding hydrogens is 1040 g/mol. The van der Waals surface area contributed by atoms with Crippen LogP contribution in [0.25, 0.3) is 0 Å². The lowest BCUT2D eigenvalue weighted by molar-refractivity contribution is 0.261. The second-order valence-corrected chi connectivity index (χ2v) is 19.0. The van der Waals surface area contributed by atoms with E-state index in [0.29, 0.717) is 79.6 Å². The molecule has 0 bridgehead atoms. The van der Waals surface area contributed by atoms with Crippen LogP contribution in [0.1, 0.15) is 50.7 Å². The number of nitrogens with one attached hydrogen (secondary N) is 14. The predicted molar refractivity (Wildman–Crippen MR) is 328 cm³/mol. The first-order valence-corrected chi connectivity index (χ1v) is 25.9. The van der Waals surface area contributed by atoms with Crippen molar-refractivity contribution >= 4 is 122 Å². The lowest BCUT2D eigenvalue weighted by Gasteiger charge is -2.15. The van der Waals surface area contributed by atoms with Gasteiger partial charge in [-0.25, -0.2) is 33.6 Å². The minimum absolute atomic E-state index is 0.212. The summed E-state index contributed by atoms with van der Waals surface area (Å²) in [5.74, 6) is 0.425. The Morgan fingerprint density at radius 2 is 0.378 bits per heavy atom. The number of carbonyl (C=O) groups excluding carboxylic acids is 7. The average Bonchev–Trinajstić information content (AvgIpc) is 3.49. The molecule has 0 unspecified atom stereocenters. The van der Waals surface area contributed by atoms with E-state index in [2.05, 4.69) is 74.4 Å². The van der Waals surface area contributed by atoms with Crippen LogP contribution < -0.4 is 74.4 Å². The van der Waals surface area contributed by atoms with Crippen LogP contribution in [0.15, 0.2) is 194 Å². The maximum Gasteiger partial charge on any atom is 0.323 e. The van der Waals surface area contributed by atoms with Crippen molar-refractivity contribution in [2.75, 3.05) is 74.4 Å². The highest BCUT2D eigenvalue weighted by Crippen LogP contribution is 2.27. The minimum atomic E-state index is -0.600. The second kappa shape index (κ2) is 27.3. The van der Waals surface area contributed by atoms with E-state index in [1.165, 1.54) is 0 Å². The third-order valence-corrected chi connectivity index (χ3v) is 11.9. The standard InChI is InChI=1S/C61H60N14O7/c1-37(2)51-27-5-7-29-53(51)74-60(81)72-49-25-13-23-47(35-49)70-58(79)68-45-21-11-19-43(33-45)66-56(77)64-41-17-9-15-39(31-41)62-55(76)63-40-16-10-18-42(32-40)65-57(78)67-44-20-12-22-46(34-44)69-59(80)71-48-24-14-26-50(36-48)73-61(82)75-54-30-8-6-28-52(54)38(3)4/h5-38H,1-4H3,(H2,62,63,76)(H2,64,66,77)(H2,65,67,78)(H2,68,70,79)(H2,69,71,80)(H2,72,74,81)(H2,73,75,82). The summed E-state index contributed by atoms with van der Waals surface area (Å²) < 4.78 is 0. The maximum atomic E-state index is 13.1. The molecule has 0 aliphatic heterocycles. The lowest BCUT2D eigenvalue weighted by atomic mass is 10.0. The van der Waals surface area contributed by atoms with Gasteiger partial charge in [0, 0.05) is 79.6 Å². The SMILES string of the molecule is CC(C)c1ccccc1NC(=O)Nc1cccc(NC(=O)Nc2cccc(NC(=O)Nc3cccc(NC(=O)Nc4cccc(NC(=O)Nc5cccc(NC(=O)Nc6cccc(NC(=O)Nc7ccccc7C(C)C)c6)c5)c4)c3)c2)c1. The first kappa shape index (κ1) is 56.8. The number of hydrogen-bond donors (Lipinski definition) is 14. The van der Waals surface area contributed by atoms with Crippen LogP contribution in [0.2, 0.25) is 0 Å². The molecule has 416 valence electrons. The zero-order valence-electron chi connectivity index (χ0n) is 45.0. The van der Waals surface area contributed by atoms with E-state index < -0.39 is 42.2 Å². The van der Waals surface area contributed by atoms with Crippen LogP contribution in [0.3, 0.4) is 0 Å². The monoisotopic (exact) mass is 1100 g/mol. The third-order valence-electron chi connectivity index (χ3n) is 11.9. The van der Waals surface area contributed by atoms with Gasteiger partial charge in [-0.2, -0.15) is 0 Å². The summed E-state index contributed by atoms with van der Waals surface area (Å²) in [5.41, 5.74) is 8.16. The van der Waals surface area contributed by atoms with Gasteiger partial charge in [0.25, 0.3) is 0 Å². The Balaban J connectivity index is 0.756. The van der Waals surface area contributed by atoms with Crippen LogP contribution in [0.5, 0.6) is 0 Å². The first-order chi connectivity index (χ1) is 39.5. The number of anilines is 14. The molecule has 0 atom stereocenters. The summed E-state index contributed by atoms with van der Waals surface area (Å²) in [5, 5.41) is 38.7. The molecule has 8 aromatic rings. The van der Waals surface area contributed by atoms with E-state index in [9.17, 15) is 33.6 Å². The summed E-state index contributed by atoms with van der Waals surface area (Å²) in [6, 6.07) is 50.7. The maximum absolute atomic E-state index is 13.1. The Labute approximate surface area is 472 Å². The van der Waals surface area contributed by atoms with E-state index in [1.54, 1.807) is 146 Å². The van der Waals surface area contributed by atoms with Crippen molar-refractivity contribution in [2.24, 2.45) is 0 Å². The molecule has 0 radical (unpaired) electrons. The molecule has 0 saturated heterocycles. The van der Waals surface area contributed by atoms with Crippen molar-refractivity contribution in [2.45, 2.75) is 39.5 Å². The smallest absolute Gasteiger partial charge is 0.308 e. The molecule has 0 heterocycles. The number of rotatable bonds is 16. The van der Waals surface area contributed by atoms with E-state index in [1.807, 2.05) is 76.2 Å². The van der Waals surface area contributed by atoms with Crippen LogP contribution in [-0.4, -0.2) is 42.2 Å². The molecule has 8 aromatic carbocycles. The fraction of sp³-hybridized carbons (Fsp3) is 0.0984. The molecule has 21 nitrogen and oxygen atoms in total. The van der Waals surface area contributed by atoms with Crippen LogP contribution in [0, 0.1) is 0 Å². The normalized spacial score (nSPS) is 10.5. The van der Waals surface area contributed by atoms with Crippen LogP contribution in [-0.2, 0) is 0 Å². The highest BCUT2D eigenvalue weighted by molar-refractivity contribution is 6.07. The lowest BCUT2D eigenvalue weighted by Crippen LogP contribution is -2.22. The van der Waals surface area contributed by atoms with Crippen molar-refractivity contribution in [3.05, 3.63) is 205 Å². The summed E-state index contributed by atoms with van der Waals surface area (Å²) in [4.78, 5) is 90.8. The molecule has 21 heteroatoms. The molecule has 14 amide bonds. The summed E-state index contributed by atoms with van der Waals surface area (Å²) >= 11 is 0.